The molecule has 0 aromatic carbocycles. The molecule has 92 valence electrons. The maximum absolute atomic E-state index is 11.8. The molecule has 7 heteroatoms. The van der Waals surface area contributed by atoms with Crippen LogP contribution in [0.4, 0.5) is 0 Å². The average molecular weight is 271 g/mol. The molecule has 0 fully saturated rings. The van der Waals surface area contributed by atoms with Crippen LogP contribution in [-0.4, -0.2) is 24.5 Å². The zero-order chi connectivity index (χ0) is 12.3. The van der Waals surface area contributed by atoms with Gasteiger partial charge in [0.05, 0.1) is 6.33 Å². The van der Waals surface area contributed by atoms with E-state index in [0.29, 0.717) is 13.0 Å². The summed E-state index contributed by atoms with van der Waals surface area (Å²) in [6, 6.07) is 1.99. The van der Waals surface area contributed by atoms with Gasteiger partial charge in [0.1, 0.15) is 0 Å². The summed E-state index contributed by atoms with van der Waals surface area (Å²) in [6.45, 7) is 0.385. The highest BCUT2D eigenvalue weighted by atomic mass is 32.2. The Balaban J connectivity index is 1.94. The second-order valence-electron chi connectivity index (χ2n) is 3.66. The Kier molecular flexibility index (Phi) is 3.60. The van der Waals surface area contributed by atoms with Crippen molar-refractivity contribution >= 4 is 21.4 Å². The molecule has 2 heterocycles. The summed E-state index contributed by atoms with van der Waals surface area (Å²) in [5.41, 5.74) is 1.14. The van der Waals surface area contributed by atoms with E-state index in [1.165, 1.54) is 12.5 Å². The van der Waals surface area contributed by atoms with Crippen molar-refractivity contribution in [3.63, 3.8) is 0 Å². The van der Waals surface area contributed by atoms with E-state index < -0.39 is 10.0 Å². The van der Waals surface area contributed by atoms with E-state index in [4.69, 9.17) is 0 Å². The van der Waals surface area contributed by atoms with Crippen LogP contribution in [0.2, 0.25) is 0 Å². The Labute approximate surface area is 104 Å². The molecule has 0 radical (unpaired) electrons. The van der Waals surface area contributed by atoms with Gasteiger partial charge in [0, 0.05) is 19.8 Å². The summed E-state index contributed by atoms with van der Waals surface area (Å²) in [4.78, 5) is 3.82. The third kappa shape index (κ3) is 3.15. The molecule has 0 bridgehead atoms. The van der Waals surface area contributed by atoms with Gasteiger partial charge in [0.25, 0.3) is 10.0 Å². The summed E-state index contributed by atoms with van der Waals surface area (Å²) in [5.74, 6) is 0. The smallest absolute Gasteiger partial charge is 0.259 e. The van der Waals surface area contributed by atoms with Crippen LogP contribution in [0.1, 0.15) is 5.56 Å². The zero-order valence-corrected chi connectivity index (χ0v) is 11.0. The van der Waals surface area contributed by atoms with E-state index in [9.17, 15) is 8.42 Å². The number of aromatic nitrogens is 2. The number of thiophene rings is 1. The Morgan fingerprint density at radius 1 is 1.53 bits per heavy atom. The molecule has 0 aliphatic rings. The van der Waals surface area contributed by atoms with E-state index in [-0.39, 0.29) is 5.03 Å². The third-order valence-electron chi connectivity index (χ3n) is 2.24. The van der Waals surface area contributed by atoms with E-state index in [0.717, 1.165) is 5.56 Å². The summed E-state index contributed by atoms with van der Waals surface area (Å²) < 4.78 is 27.7. The van der Waals surface area contributed by atoms with Gasteiger partial charge in [0.2, 0.25) is 0 Å². The minimum atomic E-state index is -3.47. The molecule has 2 aromatic heterocycles. The summed E-state index contributed by atoms with van der Waals surface area (Å²) in [7, 11) is -1.74. The highest BCUT2D eigenvalue weighted by Crippen LogP contribution is 2.07. The molecular formula is C10H13N3O2S2. The maximum Gasteiger partial charge on any atom is 0.259 e. The first-order valence-electron chi connectivity index (χ1n) is 5.06. The summed E-state index contributed by atoms with van der Waals surface area (Å²) >= 11 is 1.60. The number of nitrogens with zero attached hydrogens (tertiary/aromatic N) is 2. The number of hydrogen-bond acceptors (Lipinski definition) is 4. The van der Waals surface area contributed by atoms with Crippen molar-refractivity contribution in [2.24, 2.45) is 7.05 Å². The fraction of sp³-hybridized carbons (Fsp3) is 0.300. The topological polar surface area (TPSA) is 64.0 Å². The third-order valence-corrected chi connectivity index (χ3v) is 4.32. The van der Waals surface area contributed by atoms with Gasteiger partial charge in [-0.25, -0.2) is 18.1 Å². The highest BCUT2D eigenvalue weighted by molar-refractivity contribution is 7.89. The standard InChI is InChI=1S/C10H13N3O2S2/c1-13-6-10(11-8-13)17(14,15)12-4-2-9-3-5-16-7-9/h3,5-8,12H,2,4H2,1H3. The molecule has 0 unspecified atom stereocenters. The van der Waals surface area contributed by atoms with Crippen molar-refractivity contribution in [3.05, 3.63) is 34.9 Å². The molecule has 2 rings (SSSR count). The monoisotopic (exact) mass is 271 g/mol. The lowest BCUT2D eigenvalue weighted by Gasteiger charge is -2.02. The minimum Gasteiger partial charge on any atom is -0.339 e. The molecule has 0 saturated carbocycles. The number of hydrogen-bond donors (Lipinski definition) is 1. The van der Waals surface area contributed by atoms with Crippen LogP contribution in [0, 0.1) is 0 Å². The van der Waals surface area contributed by atoms with E-state index in [1.54, 1.807) is 23.0 Å². The molecule has 0 amide bonds. The van der Waals surface area contributed by atoms with Crippen molar-refractivity contribution in [2.45, 2.75) is 11.4 Å². The van der Waals surface area contributed by atoms with Crippen molar-refractivity contribution < 1.29 is 8.42 Å². The predicted octanol–water partition coefficient (Wildman–Crippen LogP) is 1.00. The zero-order valence-electron chi connectivity index (χ0n) is 9.33. The van der Waals surface area contributed by atoms with Gasteiger partial charge in [-0.3, -0.25) is 0 Å². The van der Waals surface area contributed by atoms with E-state index in [2.05, 4.69) is 9.71 Å². The van der Waals surface area contributed by atoms with Gasteiger partial charge in [-0.15, -0.1) is 0 Å². The first-order valence-corrected chi connectivity index (χ1v) is 7.49. The van der Waals surface area contributed by atoms with Gasteiger partial charge in [-0.2, -0.15) is 11.3 Å². The first kappa shape index (κ1) is 12.3. The molecule has 0 aliphatic carbocycles. The van der Waals surface area contributed by atoms with Crippen LogP contribution in [0.5, 0.6) is 0 Å². The summed E-state index contributed by atoms with van der Waals surface area (Å²) in [5, 5.41) is 4.04. The van der Waals surface area contributed by atoms with Crippen LogP contribution in [0.25, 0.3) is 0 Å². The van der Waals surface area contributed by atoms with Crippen molar-refractivity contribution in [2.75, 3.05) is 6.54 Å². The van der Waals surface area contributed by atoms with Gasteiger partial charge < -0.3 is 4.57 Å². The van der Waals surface area contributed by atoms with Crippen LogP contribution in [0.3, 0.4) is 0 Å². The van der Waals surface area contributed by atoms with Crippen molar-refractivity contribution in [1.29, 1.82) is 0 Å². The fourth-order valence-electron chi connectivity index (χ4n) is 1.37. The Hall–Kier alpha value is -1.18. The van der Waals surface area contributed by atoms with Gasteiger partial charge in [0.15, 0.2) is 5.03 Å². The lowest BCUT2D eigenvalue weighted by atomic mass is 10.2. The molecule has 0 saturated heterocycles. The van der Waals surface area contributed by atoms with Crippen LogP contribution in [-0.2, 0) is 23.5 Å². The van der Waals surface area contributed by atoms with Gasteiger partial charge >= 0.3 is 0 Å². The predicted molar refractivity (Wildman–Crippen MR) is 66.4 cm³/mol. The molecular weight excluding hydrogens is 258 g/mol. The molecule has 17 heavy (non-hydrogen) atoms. The largest absolute Gasteiger partial charge is 0.339 e. The van der Waals surface area contributed by atoms with Crippen LogP contribution in [0.15, 0.2) is 34.4 Å². The van der Waals surface area contributed by atoms with Crippen molar-refractivity contribution in [1.82, 2.24) is 14.3 Å². The highest BCUT2D eigenvalue weighted by Gasteiger charge is 2.15. The SMILES string of the molecule is Cn1cnc(S(=O)(=O)NCCc2ccsc2)c1. The fourth-order valence-corrected chi connectivity index (χ4v) is 3.08. The molecule has 0 spiro atoms. The number of nitrogens with one attached hydrogen (secondary N) is 1. The van der Waals surface area contributed by atoms with E-state index >= 15 is 0 Å². The van der Waals surface area contributed by atoms with Gasteiger partial charge in [-0.05, 0) is 28.8 Å². The number of sulfonamides is 1. The quantitative estimate of drug-likeness (QED) is 0.882. The molecule has 2 aromatic rings. The number of rotatable bonds is 5. The molecule has 0 atom stereocenters. The Morgan fingerprint density at radius 3 is 2.94 bits per heavy atom. The van der Waals surface area contributed by atoms with Gasteiger partial charge in [-0.1, -0.05) is 0 Å². The maximum atomic E-state index is 11.8. The summed E-state index contributed by atoms with van der Waals surface area (Å²) in [6.07, 6.45) is 3.63. The van der Waals surface area contributed by atoms with E-state index in [1.807, 2.05) is 16.8 Å². The Morgan fingerprint density at radius 2 is 2.35 bits per heavy atom. The normalized spacial score (nSPS) is 11.8. The van der Waals surface area contributed by atoms with Crippen molar-refractivity contribution in [3.8, 4) is 0 Å². The van der Waals surface area contributed by atoms with Crippen LogP contribution >= 0.6 is 11.3 Å². The first-order chi connectivity index (χ1) is 8.08. The number of imidazole rings is 1. The van der Waals surface area contributed by atoms with Crippen LogP contribution < -0.4 is 4.72 Å². The molecule has 0 aliphatic heterocycles. The molecule has 1 N–H and O–H groups in total. The second-order valence-corrected chi connectivity index (χ2v) is 6.15. The molecule has 5 nitrogen and oxygen atoms in total. The number of aryl methyl sites for hydroxylation is 1. The lowest BCUT2D eigenvalue weighted by Crippen LogP contribution is -2.26. The lowest BCUT2D eigenvalue weighted by molar-refractivity contribution is 0.578. The minimum absolute atomic E-state index is 0.0605. The Bertz CT molecular complexity index is 572. The average Bonchev–Trinajstić information content (AvgIpc) is 2.89. The second kappa shape index (κ2) is 4.99.